The number of nitrogen functional groups attached to an aromatic ring is 1. The number of ether oxygens (including phenoxy) is 1. The molecule has 1 heterocycles. The highest BCUT2D eigenvalue weighted by Gasteiger charge is 2.18. The van der Waals surface area contributed by atoms with E-state index < -0.39 is 11.8 Å². The fourth-order valence-electron chi connectivity index (χ4n) is 1.75. The summed E-state index contributed by atoms with van der Waals surface area (Å²) in [6.45, 7) is 1.89. The lowest BCUT2D eigenvalue weighted by atomic mass is 10.1. The number of nitrogens with zero attached hydrogens (tertiary/aromatic N) is 1. The molecule has 0 saturated carbocycles. The normalized spacial score (nSPS) is 10.5. The minimum Gasteiger partial charge on any atom is -0.462 e. The number of rotatable bonds is 3. The average molecular weight is 284 g/mol. The van der Waals surface area contributed by atoms with Crippen LogP contribution >= 0.6 is 11.6 Å². The van der Waals surface area contributed by atoms with Crippen molar-refractivity contribution in [2.75, 3.05) is 12.0 Å². The second-order valence-electron chi connectivity index (χ2n) is 3.70. The van der Waals surface area contributed by atoms with Gasteiger partial charge in [0.1, 0.15) is 11.1 Å². The SMILES string of the molecule is CCOC(=O)c1cnc2c(F)cc(Cl)cc2c1NN. The smallest absolute Gasteiger partial charge is 0.341 e. The van der Waals surface area contributed by atoms with Crippen LogP contribution in [0.3, 0.4) is 0 Å². The van der Waals surface area contributed by atoms with Crippen molar-refractivity contribution >= 4 is 34.2 Å². The number of esters is 1. The number of nitrogens with two attached hydrogens (primary N) is 1. The molecule has 100 valence electrons. The van der Waals surface area contributed by atoms with Gasteiger partial charge in [-0.05, 0) is 19.1 Å². The average Bonchev–Trinajstić information content (AvgIpc) is 2.37. The standard InChI is InChI=1S/C12H11ClFN3O2/c1-2-19-12(18)8-5-16-11-7(10(8)17-15)3-6(13)4-9(11)14/h3-5H,2,15H2,1H3,(H,16,17). The Bertz CT molecular complexity index is 648. The zero-order chi connectivity index (χ0) is 14.0. The summed E-state index contributed by atoms with van der Waals surface area (Å²) in [7, 11) is 0. The van der Waals surface area contributed by atoms with Gasteiger partial charge >= 0.3 is 5.97 Å². The number of benzene rings is 1. The summed E-state index contributed by atoms with van der Waals surface area (Å²) >= 11 is 5.79. The lowest BCUT2D eigenvalue weighted by Crippen LogP contribution is -2.15. The summed E-state index contributed by atoms with van der Waals surface area (Å²) in [6, 6.07) is 2.62. The maximum atomic E-state index is 13.7. The van der Waals surface area contributed by atoms with Gasteiger partial charge in [-0.1, -0.05) is 11.6 Å². The van der Waals surface area contributed by atoms with Gasteiger partial charge in [-0.25, -0.2) is 9.18 Å². The molecular formula is C12H11ClFN3O2. The maximum Gasteiger partial charge on any atom is 0.341 e. The molecule has 0 aliphatic heterocycles. The Morgan fingerprint density at radius 3 is 2.95 bits per heavy atom. The maximum absolute atomic E-state index is 13.7. The third kappa shape index (κ3) is 2.45. The minimum atomic E-state index is -0.592. The first kappa shape index (κ1) is 13.5. The van der Waals surface area contributed by atoms with Gasteiger partial charge in [-0.3, -0.25) is 10.8 Å². The second kappa shape index (κ2) is 5.38. The van der Waals surface area contributed by atoms with Crippen molar-refractivity contribution in [2.24, 2.45) is 5.84 Å². The van der Waals surface area contributed by atoms with Crippen molar-refractivity contribution in [3.8, 4) is 0 Å². The first-order valence-electron chi connectivity index (χ1n) is 5.50. The first-order chi connectivity index (χ1) is 9.08. The van der Waals surface area contributed by atoms with Crippen LogP contribution in [0.5, 0.6) is 0 Å². The van der Waals surface area contributed by atoms with Crippen LogP contribution in [-0.2, 0) is 4.74 Å². The molecule has 0 aliphatic rings. The summed E-state index contributed by atoms with van der Waals surface area (Å²) in [4.78, 5) is 15.7. The highest BCUT2D eigenvalue weighted by Crippen LogP contribution is 2.30. The van der Waals surface area contributed by atoms with Crippen molar-refractivity contribution in [1.82, 2.24) is 4.98 Å². The molecule has 0 fully saturated rings. The van der Waals surface area contributed by atoms with Crippen LogP contribution in [0.2, 0.25) is 5.02 Å². The molecule has 2 aromatic rings. The third-order valence-corrected chi connectivity index (χ3v) is 2.75. The molecule has 7 heteroatoms. The first-order valence-corrected chi connectivity index (χ1v) is 5.87. The second-order valence-corrected chi connectivity index (χ2v) is 4.13. The van der Waals surface area contributed by atoms with Crippen LogP contribution in [0, 0.1) is 5.82 Å². The number of halogens is 2. The van der Waals surface area contributed by atoms with E-state index in [-0.39, 0.29) is 28.4 Å². The van der Waals surface area contributed by atoms with Crippen LogP contribution in [0.15, 0.2) is 18.3 Å². The van der Waals surface area contributed by atoms with Crippen molar-refractivity contribution in [2.45, 2.75) is 6.92 Å². The number of nitrogens with one attached hydrogen (secondary N) is 1. The molecule has 0 atom stereocenters. The topological polar surface area (TPSA) is 77.2 Å². The van der Waals surface area contributed by atoms with Gasteiger partial charge in [0.25, 0.3) is 0 Å². The van der Waals surface area contributed by atoms with Gasteiger partial charge in [-0.2, -0.15) is 0 Å². The van der Waals surface area contributed by atoms with Crippen LogP contribution in [0.25, 0.3) is 10.9 Å². The number of hydrogen-bond donors (Lipinski definition) is 2. The summed E-state index contributed by atoms with van der Waals surface area (Å²) < 4.78 is 18.6. The lowest BCUT2D eigenvalue weighted by Gasteiger charge is -2.11. The number of carbonyl (C=O) groups is 1. The summed E-state index contributed by atoms with van der Waals surface area (Å²) in [6.07, 6.45) is 1.21. The fraction of sp³-hybridized carbons (Fsp3) is 0.167. The molecule has 0 spiro atoms. The van der Waals surface area contributed by atoms with Crippen molar-refractivity contribution in [1.29, 1.82) is 0 Å². The molecule has 1 aromatic heterocycles. The van der Waals surface area contributed by atoms with E-state index in [1.54, 1.807) is 6.92 Å². The minimum absolute atomic E-state index is 0.0744. The van der Waals surface area contributed by atoms with Crippen LogP contribution in [-0.4, -0.2) is 17.6 Å². The van der Waals surface area contributed by atoms with E-state index in [0.29, 0.717) is 5.39 Å². The highest BCUT2D eigenvalue weighted by molar-refractivity contribution is 6.31. The quantitative estimate of drug-likeness (QED) is 0.514. The van der Waals surface area contributed by atoms with E-state index in [1.807, 2.05) is 0 Å². The van der Waals surface area contributed by atoms with Gasteiger partial charge in [0, 0.05) is 16.6 Å². The Balaban J connectivity index is 2.72. The summed E-state index contributed by atoms with van der Waals surface area (Å²) in [5, 5.41) is 0.502. The van der Waals surface area contributed by atoms with Crippen molar-refractivity contribution in [3.63, 3.8) is 0 Å². The molecule has 0 amide bonds. The fourth-order valence-corrected chi connectivity index (χ4v) is 1.95. The monoisotopic (exact) mass is 283 g/mol. The number of anilines is 1. The molecule has 0 radical (unpaired) electrons. The van der Waals surface area contributed by atoms with Crippen molar-refractivity contribution in [3.05, 3.63) is 34.7 Å². The Kier molecular flexibility index (Phi) is 3.82. The lowest BCUT2D eigenvalue weighted by molar-refractivity contribution is 0.0527. The Labute approximate surface area is 113 Å². The number of carbonyl (C=O) groups excluding carboxylic acids is 1. The molecule has 3 N–H and O–H groups in total. The molecule has 0 bridgehead atoms. The zero-order valence-electron chi connectivity index (χ0n) is 10.0. The molecular weight excluding hydrogens is 273 g/mol. The number of hydrogen-bond acceptors (Lipinski definition) is 5. The van der Waals surface area contributed by atoms with Gasteiger partial charge in [0.05, 0.1) is 12.3 Å². The molecule has 0 aliphatic carbocycles. The van der Waals surface area contributed by atoms with Gasteiger partial charge < -0.3 is 10.2 Å². The van der Waals surface area contributed by atoms with Crippen LogP contribution in [0.4, 0.5) is 10.1 Å². The molecule has 0 saturated heterocycles. The molecule has 19 heavy (non-hydrogen) atoms. The Hall–Kier alpha value is -1.92. The molecule has 0 unspecified atom stereocenters. The van der Waals surface area contributed by atoms with Crippen LogP contribution in [0.1, 0.15) is 17.3 Å². The van der Waals surface area contributed by atoms with E-state index in [0.717, 1.165) is 6.07 Å². The zero-order valence-corrected chi connectivity index (χ0v) is 10.8. The summed E-state index contributed by atoms with van der Waals surface area (Å²) in [5.41, 5.74) is 2.79. The van der Waals surface area contributed by atoms with Gasteiger partial charge in [0.2, 0.25) is 0 Å². The Morgan fingerprint density at radius 2 is 2.32 bits per heavy atom. The van der Waals surface area contributed by atoms with Crippen molar-refractivity contribution < 1.29 is 13.9 Å². The van der Waals surface area contributed by atoms with Gasteiger partial charge in [0.15, 0.2) is 5.82 Å². The van der Waals surface area contributed by atoms with E-state index in [4.69, 9.17) is 22.2 Å². The largest absolute Gasteiger partial charge is 0.462 e. The van der Waals surface area contributed by atoms with Gasteiger partial charge in [-0.15, -0.1) is 0 Å². The van der Waals surface area contributed by atoms with E-state index in [2.05, 4.69) is 10.4 Å². The highest BCUT2D eigenvalue weighted by atomic mass is 35.5. The molecule has 1 aromatic carbocycles. The Morgan fingerprint density at radius 1 is 1.58 bits per heavy atom. The van der Waals surface area contributed by atoms with E-state index in [9.17, 15) is 9.18 Å². The molecule has 5 nitrogen and oxygen atoms in total. The number of aromatic nitrogens is 1. The molecule has 2 rings (SSSR count). The summed E-state index contributed by atoms with van der Waals surface area (Å²) in [5.74, 6) is 4.22. The number of hydrazine groups is 1. The third-order valence-electron chi connectivity index (χ3n) is 2.53. The van der Waals surface area contributed by atoms with E-state index >= 15 is 0 Å². The van der Waals surface area contributed by atoms with Crippen LogP contribution < -0.4 is 11.3 Å². The number of fused-ring (bicyclic) bond motifs is 1. The number of pyridine rings is 1. The predicted molar refractivity (Wildman–Crippen MR) is 70.5 cm³/mol. The predicted octanol–water partition coefficient (Wildman–Crippen LogP) is 2.49. The van der Waals surface area contributed by atoms with E-state index in [1.165, 1.54) is 12.3 Å².